The zero-order valence-corrected chi connectivity index (χ0v) is 11.8. The lowest BCUT2D eigenvalue weighted by molar-refractivity contribution is 0.0808. The predicted molar refractivity (Wildman–Crippen MR) is 71.3 cm³/mol. The minimum atomic E-state index is -0.407. The molecule has 0 saturated heterocycles. The summed E-state index contributed by atoms with van der Waals surface area (Å²) in [5.74, 6) is 0.0411. The van der Waals surface area contributed by atoms with Gasteiger partial charge in [0.05, 0.1) is 16.8 Å². The van der Waals surface area contributed by atoms with E-state index in [0.717, 1.165) is 6.42 Å². The molecule has 1 aromatic rings. The molecule has 0 aromatic heterocycles. The van der Waals surface area contributed by atoms with Gasteiger partial charge >= 0.3 is 0 Å². The summed E-state index contributed by atoms with van der Waals surface area (Å²) in [5, 5.41) is 0. The van der Waals surface area contributed by atoms with Crippen LogP contribution < -0.4 is 10.5 Å². The van der Waals surface area contributed by atoms with E-state index in [1.807, 2.05) is 0 Å². The first-order valence-corrected chi connectivity index (χ1v) is 6.38. The van der Waals surface area contributed by atoms with Crippen LogP contribution in [-0.4, -0.2) is 33.5 Å². The zero-order chi connectivity index (χ0) is 13.4. The van der Waals surface area contributed by atoms with E-state index in [1.54, 1.807) is 7.11 Å². The monoisotopic (exact) mass is 321 g/mol. The molecule has 1 aromatic carbocycles. The maximum Gasteiger partial charge on any atom is 0.143 e. The topological polar surface area (TPSA) is 53.7 Å². The summed E-state index contributed by atoms with van der Waals surface area (Å²) in [4.78, 5) is 0. The first-order valence-electron chi connectivity index (χ1n) is 5.59. The van der Waals surface area contributed by atoms with Crippen molar-refractivity contribution in [1.29, 1.82) is 0 Å². The third-order valence-corrected chi connectivity index (χ3v) is 2.78. The molecule has 0 saturated carbocycles. The molecule has 1 rings (SSSR count). The molecule has 0 aliphatic heterocycles. The summed E-state index contributed by atoms with van der Waals surface area (Å²) in [5.41, 5.74) is 5.90. The Balaban J connectivity index is 2.25. The van der Waals surface area contributed by atoms with E-state index < -0.39 is 5.82 Å². The average molecular weight is 322 g/mol. The standard InChI is InChI=1S/C12H17BrFNO3/c1-16-3-2-4-17-5-6-18-12-7-9(13)10(14)8-11(12)15/h7-8H,2-6,15H2,1H3. The van der Waals surface area contributed by atoms with Gasteiger partial charge in [0.1, 0.15) is 18.2 Å². The number of ether oxygens (including phenoxy) is 3. The van der Waals surface area contributed by atoms with Crippen LogP contribution in [0.2, 0.25) is 0 Å². The number of hydrogen-bond acceptors (Lipinski definition) is 4. The normalized spacial score (nSPS) is 10.6. The van der Waals surface area contributed by atoms with Crippen LogP contribution in [0.4, 0.5) is 10.1 Å². The maximum absolute atomic E-state index is 13.1. The maximum atomic E-state index is 13.1. The second-order valence-corrected chi connectivity index (χ2v) is 4.47. The lowest BCUT2D eigenvalue weighted by Crippen LogP contribution is -2.09. The smallest absolute Gasteiger partial charge is 0.143 e. The van der Waals surface area contributed by atoms with Crippen LogP contribution >= 0.6 is 15.9 Å². The summed E-state index contributed by atoms with van der Waals surface area (Å²) in [6.07, 6.45) is 0.848. The molecule has 0 bridgehead atoms. The summed E-state index contributed by atoms with van der Waals surface area (Å²) >= 11 is 3.08. The molecule has 102 valence electrons. The van der Waals surface area contributed by atoms with Gasteiger partial charge in [-0.05, 0) is 28.4 Å². The van der Waals surface area contributed by atoms with Gasteiger partial charge in [0.25, 0.3) is 0 Å². The summed E-state index contributed by atoms with van der Waals surface area (Å²) in [6.45, 7) is 2.13. The number of methoxy groups -OCH3 is 1. The largest absolute Gasteiger partial charge is 0.489 e. The van der Waals surface area contributed by atoms with Crippen LogP contribution in [0.1, 0.15) is 6.42 Å². The van der Waals surface area contributed by atoms with Crippen LogP contribution in [0.3, 0.4) is 0 Å². The Morgan fingerprint density at radius 2 is 2.00 bits per heavy atom. The Bertz CT molecular complexity index is 377. The summed E-state index contributed by atoms with van der Waals surface area (Å²) in [7, 11) is 1.65. The van der Waals surface area contributed by atoms with E-state index in [2.05, 4.69) is 15.9 Å². The van der Waals surface area contributed by atoms with Crippen molar-refractivity contribution in [2.75, 3.05) is 39.3 Å². The number of benzene rings is 1. The van der Waals surface area contributed by atoms with E-state index in [0.29, 0.717) is 36.6 Å². The van der Waals surface area contributed by atoms with Crippen LogP contribution in [0.25, 0.3) is 0 Å². The Morgan fingerprint density at radius 1 is 1.22 bits per heavy atom. The number of hydrogen-bond donors (Lipinski definition) is 1. The van der Waals surface area contributed by atoms with E-state index in [9.17, 15) is 4.39 Å². The molecule has 6 heteroatoms. The SMILES string of the molecule is COCCCOCCOc1cc(Br)c(F)cc1N. The predicted octanol–water partition coefficient (Wildman–Crippen LogP) is 2.60. The van der Waals surface area contributed by atoms with Crippen molar-refractivity contribution >= 4 is 21.6 Å². The molecule has 0 fully saturated rings. The molecule has 0 heterocycles. The summed E-state index contributed by atoms with van der Waals surface area (Å²) < 4.78 is 29.0. The molecule has 0 atom stereocenters. The molecule has 0 radical (unpaired) electrons. The molecule has 0 aliphatic carbocycles. The van der Waals surface area contributed by atoms with Crippen molar-refractivity contribution in [2.24, 2.45) is 0 Å². The quantitative estimate of drug-likeness (QED) is 0.590. The Kier molecular flexibility index (Phi) is 7.00. The molecule has 0 spiro atoms. The van der Waals surface area contributed by atoms with Crippen LogP contribution in [-0.2, 0) is 9.47 Å². The molecular weight excluding hydrogens is 305 g/mol. The van der Waals surface area contributed by atoms with Crippen molar-refractivity contribution in [3.8, 4) is 5.75 Å². The fourth-order valence-corrected chi connectivity index (χ4v) is 1.61. The van der Waals surface area contributed by atoms with Gasteiger partial charge in [-0.1, -0.05) is 0 Å². The van der Waals surface area contributed by atoms with Gasteiger partial charge in [0, 0.05) is 26.4 Å². The highest BCUT2D eigenvalue weighted by Gasteiger charge is 2.06. The zero-order valence-electron chi connectivity index (χ0n) is 10.2. The molecule has 4 nitrogen and oxygen atoms in total. The van der Waals surface area contributed by atoms with Crippen molar-refractivity contribution in [2.45, 2.75) is 6.42 Å². The average Bonchev–Trinajstić information content (AvgIpc) is 2.34. The Morgan fingerprint density at radius 3 is 2.72 bits per heavy atom. The Labute approximate surface area is 114 Å². The molecule has 0 aliphatic rings. The second-order valence-electron chi connectivity index (χ2n) is 3.61. The van der Waals surface area contributed by atoms with Gasteiger partial charge in [-0.25, -0.2) is 4.39 Å². The molecule has 18 heavy (non-hydrogen) atoms. The third-order valence-electron chi connectivity index (χ3n) is 2.18. The Hall–Kier alpha value is -0.850. The second kappa shape index (κ2) is 8.29. The minimum Gasteiger partial charge on any atom is -0.489 e. The van der Waals surface area contributed by atoms with Gasteiger partial charge in [0.15, 0.2) is 0 Å². The van der Waals surface area contributed by atoms with Crippen LogP contribution in [0.5, 0.6) is 5.75 Å². The fourth-order valence-electron chi connectivity index (χ4n) is 1.29. The number of halogens is 2. The van der Waals surface area contributed by atoms with Gasteiger partial charge in [-0.3, -0.25) is 0 Å². The number of rotatable bonds is 8. The van der Waals surface area contributed by atoms with E-state index in [-0.39, 0.29) is 5.69 Å². The first-order chi connectivity index (χ1) is 8.65. The van der Waals surface area contributed by atoms with Crippen LogP contribution in [0, 0.1) is 5.82 Å². The van der Waals surface area contributed by atoms with E-state index in [1.165, 1.54) is 12.1 Å². The van der Waals surface area contributed by atoms with Gasteiger partial charge in [0.2, 0.25) is 0 Å². The van der Waals surface area contributed by atoms with E-state index in [4.69, 9.17) is 19.9 Å². The van der Waals surface area contributed by atoms with E-state index >= 15 is 0 Å². The van der Waals surface area contributed by atoms with Crippen LogP contribution in [0.15, 0.2) is 16.6 Å². The molecule has 0 unspecified atom stereocenters. The molecule has 0 amide bonds. The first kappa shape index (κ1) is 15.2. The third kappa shape index (κ3) is 5.20. The highest BCUT2D eigenvalue weighted by Crippen LogP contribution is 2.28. The minimum absolute atomic E-state index is 0.273. The van der Waals surface area contributed by atoms with Crippen molar-refractivity contribution in [3.05, 3.63) is 22.4 Å². The van der Waals surface area contributed by atoms with Gasteiger partial charge in [-0.15, -0.1) is 0 Å². The number of anilines is 1. The number of nitrogens with two attached hydrogens (primary N) is 1. The lowest BCUT2D eigenvalue weighted by atomic mass is 10.3. The molecular formula is C12H17BrFNO3. The fraction of sp³-hybridized carbons (Fsp3) is 0.500. The molecule has 2 N–H and O–H groups in total. The van der Waals surface area contributed by atoms with Gasteiger partial charge in [-0.2, -0.15) is 0 Å². The highest BCUT2D eigenvalue weighted by atomic mass is 79.9. The van der Waals surface area contributed by atoms with Crippen molar-refractivity contribution in [3.63, 3.8) is 0 Å². The van der Waals surface area contributed by atoms with Crippen molar-refractivity contribution < 1.29 is 18.6 Å². The number of nitrogen functional groups attached to an aromatic ring is 1. The van der Waals surface area contributed by atoms with Crippen molar-refractivity contribution in [1.82, 2.24) is 0 Å². The summed E-state index contributed by atoms with van der Waals surface area (Å²) in [6, 6.07) is 2.73. The van der Waals surface area contributed by atoms with Gasteiger partial charge < -0.3 is 19.9 Å². The highest BCUT2D eigenvalue weighted by molar-refractivity contribution is 9.10. The lowest BCUT2D eigenvalue weighted by Gasteiger charge is -2.10.